The molecule has 0 aliphatic carbocycles. The summed E-state index contributed by atoms with van der Waals surface area (Å²) in [6.45, 7) is 3.89. The molecule has 0 aromatic heterocycles. The summed E-state index contributed by atoms with van der Waals surface area (Å²) < 4.78 is 14.5. The molecule has 0 aliphatic heterocycles. The van der Waals surface area contributed by atoms with Crippen molar-refractivity contribution in [2.24, 2.45) is 0 Å². The Morgan fingerprint density at radius 1 is 1.55 bits per heavy atom. The fourth-order valence-corrected chi connectivity index (χ4v) is 0.555. The minimum absolute atomic E-state index is 0.152. The van der Waals surface area contributed by atoms with Gasteiger partial charge in [0.05, 0.1) is 0 Å². The second kappa shape index (κ2) is 6.12. The molecular formula is C7H14O4. The van der Waals surface area contributed by atoms with Crippen LogP contribution in [0.3, 0.4) is 0 Å². The lowest BCUT2D eigenvalue weighted by molar-refractivity contribution is -0.170. The molecular weight excluding hydrogens is 148 g/mol. The van der Waals surface area contributed by atoms with Crippen molar-refractivity contribution in [1.82, 2.24) is 0 Å². The summed E-state index contributed by atoms with van der Waals surface area (Å²) in [4.78, 5) is 10.3. The molecule has 0 N–H and O–H groups in total. The smallest absolute Gasteiger partial charge is 0.302 e. The van der Waals surface area contributed by atoms with E-state index in [2.05, 4.69) is 4.74 Å². The van der Waals surface area contributed by atoms with E-state index in [1.54, 1.807) is 0 Å². The number of methoxy groups -OCH3 is 1. The molecule has 11 heavy (non-hydrogen) atoms. The van der Waals surface area contributed by atoms with Crippen molar-refractivity contribution in [3.63, 3.8) is 0 Å². The number of carbonyl (C=O) groups is 1. The number of carbonyl (C=O) groups excluding carboxylic acids is 1. The highest BCUT2D eigenvalue weighted by molar-refractivity contribution is 5.65. The summed E-state index contributed by atoms with van der Waals surface area (Å²) in [5, 5.41) is 0. The van der Waals surface area contributed by atoms with Gasteiger partial charge in [0, 0.05) is 20.6 Å². The van der Waals surface area contributed by atoms with E-state index in [0.717, 1.165) is 0 Å². The lowest BCUT2D eigenvalue weighted by atomic mass is 10.6. The maximum absolute atomic E-state index is 10.3. The van der Waals surface area contributed by atoms with Gasteiger partial charge in [-0.05, 0) is 6.92 Å². The standard InChI is InChI=1S/C7H14O4/c1-4-10-7(9-3)5-11-6(2)8/h7H,4-5H2,1-3H3. The van der Waals surface area contributed by atoms with Gasteiger partial charge in [0.2, 0.25) is 0 Å². The third-order valence-corrected chi connectivity index (χ3v) is 1.04. The number of esters is 1. The highest BCUT2D eigenvalue weighted by Gasteiger charge is 2.07. The Hall–Kier alpha value is -0.610. The van der Waals surface area contributed by atoms with Crippen LogP contribution in [0.5, 0.6) is 0 Å². The van der Waals surface area contributed by atoms with Crippen LogP contribution in [-0.2, 0) is 19.0 Å². The van der Waals surface area contributed by atoms with Crippen molar-refractivity contribution in [3.8, 4) is 0 Å². The van der Waals surface area contributed by atoms with Crippen molar-refractivity contribution in [2.75, 3.05) is 20.3 Å². The zero-order chi connectivity index (χ0) is 8.69. The van der Waals surface area contributed by atoms with Crippen molar-refractivity contribution < 1.29 is 19.0 Å². The van der Waals surface area contributed by atoms with Gasteiger partial charge in [-0.15, -0.1) is 0 Å². The molecule has 1 unspecified atom stereocenters. The third kappa shape index (κ3) is 5.82. The Kier molecular flexibility index (Phi) is 5.78. The van der Waals surface area contributed by atoms with Crippen LogP contribution in [0.2, 0.25) is 0 Å². The molecule has 0 aliphatic rings. The second-order valence-corrected chi connectivity index (χ2v) is 1.92. The van der Waals surface area contributed by atoms with Gasteiger partial charge in [-0.25, -0.2) is 0 Å². The molecule has 0 saturated carbocycles. The van der Waals surface area contributed by atoms with Crippen LogP contribution in [0.1, 0.15) is 13.8 Å². The zero-order valence-electron chi connectivity index (χ0n) is 7.12. The molecule has 0 aromatic carbocycles. The van der Waals surface area contributed by atoms with Gasteiger partial charge in [0.25, 0.3) is 0 Å². The molecule has 0 amide bonds. The molecule has 0 aromatic rings. The summed E-state index contributed by atoms with van der Waals surface area (Å²) in [5.41, 5.74) is 0. The predicted octanol–water partition coefficient (Wildman–Crippen LogP) is 0.558. The third-order valence-electron chi connectivity index (χ3n) is 1.04. The van der Waals surface area contributed by atoms with Gasteiger partial charge in [-0.2, -0.15) is 0 Å². The van der Waals surface area contributed by atoms with E-state index in [1.165, 1.54) is 14.0 Å². The first-order chi connectivity index (χ1) is 5.20. The first-order valence-corrected chi connectivity index (χ1v) is 3.48. The molecule has 0 rings (SSSR count). The summed E-state index contributed by atoms with van der Waals surface area (Å²) >= 11 is 0. The van der Waals surface area contributed by atoms with Gasteiger partial charge in [-0.1, -0.05) is 0 Å². The average Bonchev–Trinajstić information content (AvgIpc) is 1.97. The largest absolute Gasteiger partial charge is 0.460 e. The molecule has 4 heteroatoms. The minimum atomic E-state index is -0.441. The molecule has 0 heterocycles. The van der Waals surface area contributed by atoms with Gasteiger partial charge in [-0.3, -0.25) is 4.79 Å². The van der Waals surface area contributed by atoms with Gasteiger partial charge < -0.3 is 14.2 Å². The summed E-state index contributed by atoms with van der Waals surface area (Å²) in [6.07, 6.45) is -0.441. The van der Waals surface area contributed by atoms with Gasteiger partial charge in [0.1, 0.15) is 6.61 Å². The van der Waals surface area contributed by atoms with Crippen LogP contribution in [0.15, 0.2) is 0 Å². The van der Waals surface area contributed by atoms with Crippen molar-refractivity contribution in [1.29, 1.82) is 0 Å². The summed E-state index contributed by atoms with van der Waals surface area (Å²) in [7, 11) is 1.50. The maximum atomic E-state index is 10.3. The van der Waals surface area contributed by atoms with Crippen molar-refractivity contribution in [3.05, 3.63) is 0 Å². The minimum Gasteiger partial charge on any atom is -0.460 e. The van der Waals surface area contributed by atoms with Crippen LogP contribution >= 0.6 is 0 Å². The maximum Gasteiger partial charge on any atom is 0.302 e. The summed E-state index contributed by atoms with van der Waals surface area (Å²) in [6, 6.07) is 0. The van der Waals surface area contributed by atoms with E-state index in [4.69, 9.17) is 9.47 Å². The lowest BCUT2D eigenvalue weighted by Crippen LogP contribution is -2.23. The molecule has 0 fully saturated rings. The van der Waals surface area contributed by atoms with E-state index in [0.29, 0.717) is 6.61 Å². The van der Waals surface area contributed by atoms with E-state index in [-0.39, 0.29) is 12.6 Å². The molecule has 1 atom stereocenters. The number of hydrogen-bond donors (Lipinski definition) is 0. The van der Waals surface area contributed by atoms with E-state index in [9.17, 15) is 4.79 Å². The van der Waals surface area contributed by atoms with Gasteiger partial charge >= 0.3 is 5.97 Å². The fraction of sp³-hybridized carbons (Fsp3) is 0.857. The van der Waals surface area contributed by atoms with Crippen LogP contribution < -0.4 is 0 Å². The topological polar surface area (TPSA) is 44.8 Å². The van der Waals surface area contributed by atoms with Crippen LogP contribution in [0.25, 0.3) is 0 Å². The molecule has 0 saturated heterocycles. The Balaban J connectivity index is 3.43. The van der Waals surface area contributed by atoms with Crippen LogP contribution in [0, 0.1) is 0 Å². The zero-order valence-corrected chi connectivity index (χ0v) is 7.12. The number of hydrogen-bond acceptors (Lipinski definition) is 4. The first-order valence-electron chi connectivity index (χ1n) is 3.48. The Morgan fingerprint density at radius 3 is 2.55 bits per heavy atom. The second-order valence-electron chi connectivity index (χ2n) is 1.92. The first kappa shape index (κ1) is 10.4. The highest BCUT2D eigenvalue weighted by Crippen LogP contribution is 1.93. The van der Waals surface area contributed by atoms with E-state index < -0.39 is 6.29 Å². The highest BCUT2D eigenvalue weighted by atomic mass is 16.7. The van der Waals surface area contributed by atoms with E-state index >= 15 is 0 Å². The van der Waals surface area contributed by atoms with E-state index in [1.807, 2.05) is 6.92 Å². The van der Waals surface area contributed by atoms with Crippen LogP contribution in [-0.4, -0.2) is 32.6 Å². The Bertz CT molecular complexity index is 113. The van der Waals surface area contributed by atoms with Crippen molar-refractivity contribution >= 4 is 5.97 Å². The molecule has 66 valence electrons. The van der Waals surface area contributed by atoms with Crippen molar-refractivity contribution in [2.45, 2.75) is 20.1 Å². The fourth-order valence-electron chi connectivity index (χ4n) is 0.555. The summed E-state index contributed by atoms with van der Waals surface area (Å²) in [5.74, 6) is -0.327. The monoisotopic (exact) mass is 162 g/mol. The quantitative estimate of drug-likeness (QED) is 0.437. The normalized spacial score (nSPS) is 12.6. The Labute approximate surface area is 66.4 Å². The molecule has 4 nitrogen and oxygen atoms in total. The van der Waals surface area contributed by atoms with Crippen LogP contribution in [0.4, 0.5) is 0 Å². The molecule has 0 radical (unpaired) electrons. The predicted molar refractivity (Wildman–Crippen MR) is 39.1 cm³/mol. The molecule has 0 spiro atoms. The number of ether oxygens (including phenoxy) is 3. The SMILES string of the molecule is CCOC(COC(C)=O)OC. The Morgan fingerprint density at radius 2 is 2.18 bits per heavy atom. The molecule has 0 bridgehead atoms. The lowest BCUT2D eigenvalue weighted by Gasteiger charge is -2.13. The number of rotatable bonds is 5. The van der Waals surface area contributed by atoms with Gasteiger partial charge in [0.15, 0.2) is 6.29 Å². The average molecular weight is 162 g/mol.